The van der Waals surface area contributed by atoms with Crippen LogP contribution < -0.4 is 4.74 Å². The first-order valence-electron chi connectivity index (χ1n) is 9.43. The summed E-state index contributed by atoms with van der Waals surface area (Å²) < 4.78 is 14.2. The van der Waals surface area contributed by atoms with Gasteiger partial charge in [0.25, 0.3) is 0 Å². The number of benzene rings is 2. The van der Waals surface area contributed by atoms with Gasteiger partial charge < -0.3 is 9.47 Å². The molecule has 5 nitrogen and oxygen atoms in total. The third kappa shape index (κ3) is 4.55. The molecule has 0 bridgehead atoms. The molecule has 28 heavy (non-hydrogen) atoms. The van der Waals surface area contributed by atoms with E-state index in [4.69, 9.17) is 14.6 Å². The number of hydrogen-bond donors (Lipinski definition) is 0. The molecule has 0 fully saturated rings. The Morgan fingerprint density at radius 1 is 1.21 bits per heavy atom. The lowest BCUT2D eigenvalue weighted by Gasteiger charge is -2.12. The highest BCUT2D eigenvalue weighted by molar-refractivity contribution is 9.10. The van der Waals surface area contributed by atoms with Crippen LogP contribution in [0.25, 0.3) is 10.9 Å². The summed E-state index contributed by atoms with van der Waals surface area (Å²) in [6.45, 7) is 8.72. The molecule has 3 aromatic rings. The van der Waals surface area contributed by atoms with E-state index in [-0.39, 0.29) is 18.4 Å². The molecule has 0 unspecified atom stereocenters. The number of aromatic nitrogens is 2. The number of hydrogen-bond acceptors (Lipinski definition) is 4. The van der Waals surface area contributed by atoms with E-state index in [9.17, 15) is 4.79 Å². The number of halogens is 1. The van der Waals surface area contributed by atoms with Gasteiger partial charge in [-0.2, -0.15) is 5.10 Å². The summed E-state index contributed by atoms with van der Waals surface area (Å²) in [7, 11) is 0. The minimum Gasteiger partial charge on any atom is -0.487 e. The van der Waals surface area contributed by atoms with Gasteiger partial charge in [0.1, 0.15) is 18.1 Å². The van der Waals surface area contributed by atoms with Crippen LogP contribution in [0.15, 0.2) is 40.9 Å². The molecule has 0 amide bonds. The Kier molecular flexibility index (Phi) is 6.39. The standard InChI is InChI=1S/C22H25BrN2O3/c1-5-27-22(26)11-16-7-6-15(4)10-21(16)28-13-19-18-12-17(23)8-9-20(18)25(24-19)14(2)3/h6-10,12,14H,5,11,13H2,1-4H3. The number of nitrogens with zero attached hydrogens (tertiary/aromatic N) is 2. The highest BCUT2D eigenvalue weighted by Gasteiger charge is 2.15. The maximum absolute atomic E-state index is 11.9. The van der Waals surface area contributed by atoms with Crippen molar-refractivity contribution in [1.82, 2.24) is 9.78 Å². The molecule has 0 aliphatic rings. The molecule has 0 N–H and O–H groups in total. The minimum absolute atomic E-state index is 0.191. The van der Waals surface area contributed by atoms with Gasteiger partial charge in [-0.3, -0.25) is 9.48 Å². The minimum atomic E-state index is -0.255. The monoisotopic (exact) mass is 444 g/mol. The topological polar surface area (TPSA) is 53.4 Å². The van der Waals surface area contributed by atoms with Gasteiger partial charge in [-0.15, -0.1) is 0 Å². The molecular weight excluding hydrogens is 420 g/mol. The van der Waals surface area contributed by atoms with Crippen LogP contribution >= 0.6 is 15.9 Å². The molecule has 1 aromatic heterocycles. The maximum Gasteiger partial charge on any atom is 0.310 e. The van der Waals surface area contributed by atoms with Gasteiger partial charge in [-0.05, 0) is 57.5 Å². The number of carbonyl (C=O) groups is 1. The molecule has 2 aromatic carbocycles. The van der Waals surface area contributed by atoms with E-state index in [1.165, 1.54) is 0 Å². The number of aryl methyl sites for hydroxylation is 1. The fourth-order valence-corrected chi connectivity index (χ4v) is 3.49. The van der Waals surface area contributed by atoms with Gasteiger partial charge >= 0.3 is 5.97 Å². The fourth-order valence-electron chi connectivity index (χ4n) is 3.13. The first kappa shape index (κ1) is 20.4. The van der Waals surface area contributed by atoms with Crippen LogP contribution in [0, 0.1) is 6.92 Å². The first-order valence-corrected chi connectivity index (χ1v) is 10.2. The number of ether oxygens (including phenoxy) is 2. The Morgan fingerprint density at radius 2 is 2.00 bits per heavy atom. The van der Waals surface area contributed by atoms with Crippen molar-refractivity contribution in [2.24, 2.45) is 0 Å². The van der Waals surface area contributed by atoms with Gasteiger partial charge in [0.15, 0.2) is 0 Å². The van der Waals surface area contributed by atoms with Crippen molar-refractivity contribution in [2.45, 2.75) is 46.8 Å². The molecule has 0 spiro atoms. The number of rotatable bonds is 7. The lowest BCUT2D eigenvalue weighted by Crippen LogP contribution is -2.09. The summed E-state index contributed by atoms with van der Waals surface area (Å²) >= 11 is 3.54. The van der Waals surface area contributed by atoms with Crippen LogP contribution in [0.5, 0.6) is 5.75 Å². The molecule has 0 saturated carbocycles. The number of carbonyl (C=O) groups excluding carboxylic acids is 1. The molecule has 1 heterocycles. The summed E-state index contributed by atoms with van der Waals surface area (Å²) in [6.07, 6.45) is 0.191. The average Bonchev–Trinajstić information content (AvgIpc) is 3.00. The number of esters is 1. The van der Waals surface area contributed by atoms with Crippen molar-refractivity contribution in [2.75, 3.05) is 6.61 Å². The second-order valence-electron chi connectivity index (χ2n) is 7.03. The van der Waals surface area contributed by atoms with Crippen LogP contribution in [-0.4, -0.2) is 22.4 Å². The van der Waals surface area contributed by atoms with Gasteiger partial charge in [-0.25, -0.2) is 0 Å². The SMILES string of the molecule is CCOC(=O)Cc1ccc(C)cc1OCc1nn(C(C)C)c2ccc(Br)cc12. The van der Waals surface area contributed by atoms with E-state index in [1.807, 2.05) is 35.9 Å². The quantitative estimate of drug-likeness (QED) is 0.459. The molecule has 3 rings (SSSR count). The fraction of sp³-hybridized carbons (Fsp3) is 0.364. The molecule has 0 radical (unpaired) electrons. The summed E-state index contributed by atoms with van der Waals surface area (Å²) in [4.78, 5) is 11.9. The average molecular weight is 445 g/mol. The van der Waals surface area contributed by atoms with Crippen molar-refractivity contribution < 1.29 is 14.3 Å². The molecule has 0 saturated heterocycles. The zero-order valence-corrected chi connectivity index (χ0v) is 18.2. The summed E-state index contributed by atoms with van der Waals surface area (Å²) in [5.74, 6) is 0.435. The van der Waals surface area contributed by atoms with Gasteiger partial charge in [0.05, 0.1) is 18.5 Å². The van der Waals surface area contributed by atoms with Crippen LogP contribution in [0.2, 0.25) is 0 Å². The third-order valence-corrected chi connectivity index (χ3v) is 4.95. The Bertz CT molecular complexity index is 995. The van der Waals surface area contributed by atoms with Gasteiger partial charge in [0.2, 0.25) is 0 Å². The van der Waals surface area contributed by atoms with E-state index in [2.05, 4.69) is 41.9 Å². The van der Waals surface area contributed by atoms with E-state index in [0.717, 1.165) is 32.2 Å². The maximum atomic E-state index is 11.9. The zero-order valence-electron chi connectivity index (χ0n) is 16.7. The van der Waals surface area contributed by atoms with Crippen molar-refractivity contribution in [3.63, 3.8) is 0 Å². The second-order valence-corrected chi connectivity index (χ2v) is 7.94. The van der Waals surface area contributed by atoms with Crippen LogP contribution in [-0.2, 0) is 22.6 Å². The zero-order chi connectivity index (χ0) is 20.3. The Hall–Kier alpha value is -2.34. The normalized spacial score (nSPS) is 11.2. The Morgan fingerprint density at radius 3 is 2.71 bits per heavy atom. The highest BCUT2D eigenvalue weighted by atomic mass is 79.9. The lowest BCUT2D eigenvalue weighted by molar-refractivity contribution is -0.142. The van der Waals surface area contributed by atoms with Gasteiger partial charge in [0, 0.05) is 21.5 Å². The summed E-state index contributed by atoms with van der Waals surface area (Å²) in [5.41, 5.74) is 3.84. The largest absolute Gasteiger partial charge is 0.487 e. The van der Waals surface area contributed by atoms with Crippen molar-refractivity contribution in [3.05, 3.63) is 57.7 Å². The lowest BCUT2D eigenvalue weighted by atomic mass is 10.1. The van der Waals surface area contributed by atoms with Crippen molar-refractivity contribution in [1.29, 1.82) is 0 Å². The first-order chi connectivity index (χ1) is 13.4. The predicted octanol–water partition coefficient (Wildman–Crippen LogP) is 5.37. The summed E-state index contributed by atoms with van der Waals surface area (Å²) in [5, 5.41) is 5.82. The molecule has 0 aliphatic heterocycles. The molecule has 148 valence electrons. The predicted molar refractivity (Wildman–Crippen MR) is 114 cm³/mol. The second kappa shape index (κ2) is 8.78. The molecular formula is C22H25BrN2O3. The Labute approximate surface area is 173 Å². The van der Waals surface area contributed by atoms with Crippen molar-refractivity contribution >= 4 is 32.8 Å². The van der Waals surface area contributed by atoms with Crippen LogP contribution in [0.1, 0.15) is 43.6 Å². The molecule has 0 aliphatic carbocycles. The van der Waals surface area contributed by atoms with E-state index < -0.39 is 0 Å². The van der Waals surface area contributed by atoms with Crippen LogP contribution in [0.4, 0.5) is 0 Å². The van der Waals surface area contributed by atoms with Crippen molar-refractivity contribution in [3.8, 4) is 5.75 Å². The van der Waals surface area contributed by atoms with Gasteiger partial charge in [-0.1, -0.05) is 28.1 Å². The third-order valence-electron chi connectivity index (χ3n) is 4.46. The highest BCUT2D eigenvalue weighted by Crippen LogP contribution is 2.28. The van der Waals surface area contributed by atoms with Crippen LogP contribution in [0.3, 0.4) is 0 Å². The van der Waals surface area contributed by atoms with E-state index >= 15 is 0 Å². The molecule has 0 atom stereocenters. The summed E-state index contributed by atoms with van der Waals surface area (Å²) in [6, 6.07) is 12.2. The smallest absolute Gasteiger partial charge is 0.310 e. The van der Waals surface area contributed by atoms with E-state index in [0.29, 0.717) is 19.0 Å². The number of fused-ring (bicyclic) bond motifs is 1. The van der Waals surface area contributed by atoms with E-state index in [1.54, 1.807) is 6.92 Å². The Balaban J connectivity index is 1.89. The molecule has 6 heteroatoms.